The van der Waals surface area contributed by atoms with Crippen LogP contribution in [0.4, 0.5) is 0 Å². The SMILES string of the molecule is CCOc1ccc(CCNC(=O)Cn2nc(C)n3c(cc4cc(C)ccc43)c2=O)cc1OCC. The standard InChI is InChI=1S/C26H30N4O4/c1-5-33-23-10-8-19(14-24(23)34-6-2)11-12-27-25(31)16-29-26(32)22-15-20-13-17(3)7-9-21(20)30(22)18(4)28-29/h7-10,13-15H,5-6,11-12,16H2,1-4H3,(H,27,31). The van der Waals surface area contributed by atoms with Crippen LogP contribution in [0.3, 0.4) is 0 Å². The summed E-state index contributed by atoms with van der Waals surface area (Å²) in [5, 5.41) is 8.25. The van der Waals surface area contributed by atoms with Gasteiger partial charge in [-0.15, -0.1) is 0 Å². The van der Waals surface area contributed by atoms with Crippen molar-refractivity contribution < 1.29 is 14.3 Å². The van der Waals surface area contributed by atoms with Crippen LogP contribution in [0.2, 0.25) is 0 Å². The predicted octanol–water partition coefficient (Wildman–Crippen LogP) is 3.42. The molecule has 0 radical (unpaired) electrons. The average molecular weight is 463 g/mol. The normalized spacial score (nSPS) is 11.2. The maximum absolute atomic E-state index is 13.0. The Labute approximate surface area is 198 Å². The van der Waals surface area contributed by atoms with Crippen LogP contribution in [0.5, 0.6) is 11.5 Å². The van der Waals surface area contributed by atoms with Crippen LogP contribution in [0, 0.1) is 13.8 Å². The van der Waals surface area contributed by atoms with Gasteiger partial charge in [0.15, 0.2) is 11.5 Å². The van der Waals surface area contributed by atoms with Gasteiger partial charge >= 0.3 is 0 Å². The maximum Gasteiger partial charge on any atom is 0.291 e. The van der Waals surface area contributed by atoms with Crippen LogP contribution in [0.15, 0.2) is 47.3 Å². The Morgan fingerprint density at radius 2 is 1.74 bits per heavy atom. The van der Waals surface area contributed by atoms with Gasteiger partial charge < -0.3 is 14.8 Å². The minimum absolute atomic E-state index is 0.135. The molecule has 0 bridgehead atoms. The first-order chi connectivity index (χ1) is 16.4. The number of carbonyl (C=O) groups is 1. The molecule has 0 unspecified atom stereocenters. The fourth-order valence-electron chi connectivity index (χ4n) is 4.13. The summed E-state index contributed by atoms with van der Waals surface area (Å²) in [7, 11) is 0. The molecule has 2 heterocycles. The van der Waals surface area contributed by atoms with Crippen LogP contribution in [0.1, 0.15) is 30.8 Å². The number of aryl methyl sites for hydroxylation is 2. The topological polar surface area (TPSA) is 86.9 Å². The number of hydrogen-bond donors (Lipinski definition) is 1. The van der Waals surface area contributed by atoms with E-state index in [0.29, 0.717) is 49.0 Å². The predicted molar refractivity (Wildman–Crippen MR) is 132 cm³/mol. The molecule has 8 nitrogen and oxygen atoms in total. The Morgan fingerprint density at radius 1 is 0.971 bits per heavy atom. The first-order valence-corrected chi connectivity index (χ1v) is 11.6. The van der Waals surface area contributed by atoms with Gasteiger partial charge in [-0.05, 0) is 70.0 Å². The number of carbonyl (C=O) groups excluding carboxylic acids is 1. The van der Waals surface area contributed by atoms with Gasteiger partial charge in [-0.1, -0.05) is 17.7 Å². The molecular weight excluding hydrogens is 432 g/mol. The Morgan fingerprint density at radius 3 is 2.50 bits per heavy atom. The summed E-state index contributed by atoms with van der Waals surface area (Å²) in [6.45, 7) is 9.11. The number of hydrogen-bond acceptors (Lipinski definition) is 5. The number of amides is 1. The Balaban J connectivity index is 1.45. The molecular formula is C26H30N4O4. The van der Waals surface area contributed by atoms with Gasteiger partial charge in [0.05, 0.1) is 18.7 Å². The zero-order valence-electron chi connectivity index (χ0n) is 20.1. The monoisotopic (exact) mass is 462 g/mol. The summed E-state index contributed by atoms with van der Waals surface area (Å²) >= 11 is 0. The van der Waals surface area contributed by atoms with Gasteiger partial charge in [-0.3, -0.25) is 14.0 Å². The lowest BCUT2D eigenvalue weighted by atomic mass is 10.1. The third kappa shape index (κ3) is 4.76. The third-order valence-corrected chi connectivity index (χ3v) is 5.64. The van der Waals surface area contributed by atoms with Crippen molar-refractivity contribution in [2.24, 2.45) is 0 Å². The van der Waals surface area contributed by atoms with Crippen LogP contribution >= 0.6 is 0 Å². The quantitative estimate of drug-likeness (QED) is 0.412. The number of nitrogens with zero attached hydrogens (tertiary/aromatic N) is 3. The van der Waals surface area contributed by atoms with Gasteiger partial charge in [0, 0.05) is 11.9 Å². The molecule has 0 fully saturated rings. The minimum Gasteiger partial charge on any atom is -0.490 e. The summed E-state index contributed by atoms with van der Waals surface area (Å²) in [4.78, 5) is 25.6. The Kier molecular flexibility index (Phi) is 6.86. The molecule has 4 rings (SSSR count). The molecule has 0 saturated carbocycles. The van der Waals surface area contributed by atoms with Crippen molar-refractivity contribution in [3.8, 4) is 11.5 Å². The summed E-state index contributed by atoms with van der Waals surface area (Å²) in [6.07, 6.45) is 0.627. The smallest absolute Gasteiger partial charge is 0.291 e. The van der Waals surface area contributed by atoms with Crippen LogP contribution < -0.4 is 20.3 Å². The van der Waals surface area contributed by atoms with Crippen molar-refractivity contribution >= 4 is 22.3 Å². The highest BCUT2D eigenvalue weighted by Gasteiger charge is 2.14. The van der Waals surface area contributed by atoms with Crippen LogP contribution in [-0.2, 0) is 17.8 Å². The van der Waals surface area contributed by atoms with Crippen molar-refractivity contribution in [3.63, 3.8) is 0 Å². The fourth-order valence-corrected chi connectivity index (χ4v) is 4.13. The molecule has 2 aromatic carbocycles. The lowest BCUT2D eigenvalue weighted by Gasteiger charge is -2.13. The molecule has 0 aliphatic rings. The van der Waals surface area contributed by atoms with Gasteiger partial charge in [0.2, 0.25) is 5.91 Å². The van der Waals surface area contributed by atoms with Gasteiger partial charge in [0.25, 0.3) is 5.56 Å². The molecule has 2 aromatic heterocycles. The van der Waals surface area contributed by atoms with Gasteiger partial charge in [0.1, 0.15) is 17.9 Å². The number of fused-ring (bicyclic) bond motifs is 3. The van der Waals surface area contributed by atoms with E-state index < -0.39 is 0 Å². The molecule has 8 heteroatoms. The molecule has 0 aliphatic carbocycles. The first kappa shape index (κ1) is 23.4. The van der Waals surface area contributed by atoms with Crippen molar-refractivity contribution in [2.75, 3.05) is 19.8 Å². The summed E-state index contributed by atoms with van der Waals surface area (Å²) in [5.74, 6) is 1.80. The van der Waals surface area contributed by atoms with E-state index in [1.165, 1.54) is 4.68 Å². The van der Waals surface area contributed by atoms with Gasteiger partial charge in [-0.25, -0.2) is 4.68 Å². The highest BCUT2D eigenvalue weighted by Crippen LogP contribution is 2.28. The number of rotatable bonds is 9. The van der Waals surface area contributed by atoms with Crippen LogP contribution in [-0.4, -0.2) is 39.8 Å². The minimum atomic E-state index is -0.289. The van der Waals surface area contributed by atoms with Crippen LogP contribution in [0.25, 0.3) is 16.4 Å². The van der Waals surface area contributed by atoms with Crippen molar-refractivity contribution in [1.82, 2.24) is 19.5 Å². The summed E-state index contributed by atoms with van der Waals surface area (Å²) in [6, 6.07) is 13.7. The van der Waals surface area contributed by atoms with E-state index in [0.717, 1.165) is 22.0 Å². The van der Waals surface area contributed by atoms with Gasteiger partial charge in [-0.2, -0.15) is 5.10 Å². The van der Waals surface area contributed by atoms with E-state index in [-0.39, 0.29) is 18.0 Å². The van der Waals surface area contributed by atoms with E-state index in [1.54, 1.807) is 0 Å². The van der Waals surface area contributed by atoms with E-state index in [4.69, 9.17) is 9.47 Å². The van der Waals surface area contributed by atoms with Crippen molar-refractivity contribution in [1.29, 1.82) is 0 Å². The number of benzene rings is 2. The van der Waals surface area contributed by atoms with E-state index in [2.05, 4.69) is 10.4 Å². The molecule has 0 spiro atoms. The largest absolute Gasteiger partial charge is 0.490 e. The molecule has 4 aromatic rings. The molecule has 0 aliphatic heterocycles. The first-order valence-electron chi connectivity index (χ1n) is 11.6. The van der Waals surface area contributed by atoms with E-state index >= 15 is 0 Å². The van der Waals surface area contributed by atoms with E-state index in [9.17, 15) is 9.59 Å². The summed E-state index contributed by atoms with van der Waals surface area (Å²) < 4.78 is 14.3. The third-order valence-electron chi connectivity index (χ3n) is 5.64. The zero-order valence-corrected chi connectivity index (χ0v) is 20.1. The average Bonchev–Trinajstić information content (AvgIpc) is 3.18. The molecule has 178 valence electrons. The molecule has 1 amide bonds. The molecule has 0 saturated heterocycles. The highest BCUT2D eigenvalue weighted by atomic mass is 16.5. The number of nitrogens with one attached hydrogen (secondary N) is 1. The summed E-state index contributed by atoms with van der Waals surface area (Å²) in [5.41, 5.74) is 3.30. The fraction of sp³-hybridized carbons (Fsp3) is 0.346. The second-order valence-corrected chi connectivity index (χ2v) is 8.18. The Hall–Kier alpha value is -3.81. The zero-order chi connectivity index (χ0) is 24.2. The number of aromatic nitrogens is 3. The van der Waals surface area contributed by atoms with E-state index in [1.807, 2.05) is 74.6 Å². The molecule has 34 heavy (non-hydrogen) atoms. The highest BCUT2D eigenvalue weighted by molar-refractivity contribution is 5.87. The molecule has 1 N–H and O–H groups in total. The van der Waals surface area contributed by atoms with Crippen molar-refractivity contribution in [2.45, 2.75) is 40.7 Å². The number of ether oxygens (including phenoxy) is 2. The maximum atomic E-state index is 13.0. The lowest BCUT2D eigenvalue weighted by molar-refractivity contribution is -0.121. The molecule has 0 atom stereocenters. The van der Waals surface area contributed by atoms with Crippen molar-refractivity contribution in [3.05, 3.63) is 69.8 Å². The second kappa shape index (κ2) is 9.99. The Bertz CT molecular complexity index is 1400. The lowest BCUT2D eigenvalue weighted by Crippen LogP contribution is -2.35. The second-order valence-electron chi connectivity index (χ2n) is 8.18.